The number of aliphatic hydroxyl groups is 1. The molecule has 1 aromatic heterocycles. The number of ketones is 1. The highest BCUT2D eigenvalue weighted by atomic mass is 79.9. The highest BCUT2D eigenvalue weighted by Gasteiger charge is 2.41. The Bertz CT molecular complexity index is 1110. The van der Waals surface area contributed by atoms with Crippen LogP contribution in [0.2, 0.25) is 5.02 Å². The van der Waals surface area contributed by atoms with Gasteiger partial charge in [-0.25, -0.2) is 4.98 Å². The van der Waals surface area contributed by atoms with Crippen LogP contribution >= 0.6 is 27.5 Å². The second-order valence-corrected chi connectivity index (χ2v) is 7.91. The van der Waals surface area contributed by atoms with Crippen LogP contribution in [0.3, 0.4) is 0 Å². The standard InChI is InChI=1S/C23H16BrClN2O2/c1-14-22(28)20(23(29)16-7-11-18(25)12-8-16)21(15-5-9-17(24)10-6-15)27(14)19-4-2-3-13-26-19/h2-13,21,28H,1H2. The van der Waals surface area contributed by atoms with Gasteiger partial charge in [0.15, 0.2) is 5.78 Å². The summed E-state index contributed by atoms with van der Waals surface area (Å²) in [5, 5.41) is 11.5. The summed E-state index contributed by atoms with van der Waals surface area (Å²) < 4.78 is 0.918. The molecule has 0 bridgehead atoms. The van der Waals surface area contributed by atoms with Crippen LogP contribution in [0.25, 0.3) is 0 Å². The van der Waals surface area contributed by atoms with Crippen molar-refractivity contribution in [1.82, 2.24) is 4.98 Å². The quantitative estimate of drug-likeness (QED) is 0.460. The van der Waals surface area contributed by atoms with Gasteiger partial charge in [0.05, 0.1) is 17.3 Å². The Balaban J connectivity index is 1.87. The predicted octanol–water partition coefficient (Wildman–Crippen LogP) is 6.27. The van der Waals surface area contributed by atoms with Crippen molar-refractivity contribution >= 4 is 39.1 Å². The van der Waals surface area contributed by atoms with Gasteiger partial charge < -0.3 is 10.0 Å². The first-order chi connectivity index (χ1) is 14.0. The molecule has 1 unspecified atom stereocenters. The number of pyridine rings is 1. The number of rotatable bonds is 4. The summed E-state index contributed by atoms with van der Waals surface area (Å²) in [7, 11) is 0. The number of hydrogen-bond donors (Lipinski definition) is 1. The number of carbonyl (C=O) groups is 1. The van der Waals surface area contributed by atoms with Crippen molar-refractivity contribution in [3.8, 4) is 0 Å². The number of nitrogens with zero attached hydrogens (tertiary/aromatic N) is 2. The smallest absolute Gasteiger partial charge is 0.195 e. The van der Waals surface area contributed by atoms with Crippen molar-refractivity contribution in [3.05, 3.63) is 117 Å². The molecule has 0 amide bonds. The molecule has 4 nitrogen and oxygen atoms in total. The van der Waals surface area contributed by atoms with Crippen LogP contribution in [0.15, 0.2) is 101 Å². The molecule has 1 aliphatic heterocycles. The minimum atomic E-state index is -0.561. The summed E-state index contributed by atoms with van der Waals surface area (Å²) >= 11 is 9.40. The van der Waals surface area contributed by atoms with E-state index in [4.69, 9.17) is 11.6 Å². The Morgan fingerprint density at radius 1 is 1.07 bits per heavy atom. The number of aromatic nitrogens is 1. The summed E-state index contributed by atoms with van der Waals surface area (Å²) in [5.74, 6) is 0.172. The fourth-order valence-electron chi connectivity index (χ4n) is 3.40. The Morgan fingerprint density at radius 2 is 1.76 bits per heavy atom. The monoisotopic (exact) mass is 466 g/mol. The predicted molar refractivity (Wildman–Crippen MR) is 118 cm³/mol. The minimum absolute atomic E-state index is 0.136. The molecule has 1 atom stereocenters. The lowest BCUT2D eigenvalue weighted by Gasteiger charge is -2.28. The highest BCUT2D eigenvalue weighted by molar-refractivity contribution is 9.10. The Labute approximate surface area is 181 Å². The van der Waals surface area contributed by atoms with Crippen molar-refractivity contribution in [2.24, 2.45) is 0 Å². The molecule has 1 N–H and O–H groups in total. The highest BCUT2D eigenvalue weighted by Crippen LogP contribution is 2.45. The molecule has 0 fully saturated rings. The van der Waals surface area contributed by atoms with E-state index in [0.29, 0.717) is 22.1 Å². The maximum absolute atomic E-state index is 13.4. The Hall–Kier alpha value is -2.89. The van der Waals surface area contributed by atoms with E-state index in [1.807, 2.05) is 42.5 Å². The molecule has 2 heterocycles. The summed E-state index contributed by atoms with van der Waals surface area (Å²) in [6.45, 7) is 4.02. The van der Waals surface area contributed by atoms with Crippen molar-refractivity contribution in [1.29, 1.82) is 0 Å². The molecule has 0 saturated carbocycles. The Kier molecular flexibility index (Phi) is 5.26. The zero-order chi connectivity index (χ0) is 20.5. The maximum atomic E-state index is 13.4. The molecule has 3 aromatic rings. The number of carbonyl (C=O) groups excluding carboxylic acids is 1. The van der Waals surface area contributed by atoms with Gasteiger partial charge in [-0.1, -0.05) is 52.3 Å². The molecule has 0 radical (unpaired) electrons. The van der Waals surface area contributed by atoms with Gasteiger partial charge in [-0.05, 0) is 54.1 Å². The molecule has 1 aliphatic rings. The molecule has 6 heteroatoms. The second kappa shape index (κ2) is 7.85. The average Bonchev–Trinajstić information content (AvgIpc) is 3.00. The van der Waals surface area contributed by atoms with Gasteiger partial charge in [-0.15, -0.1) is 0 Å². The number of Topliss-reactive ketones (excluding diaryl/α,β-unsaturated/α-hetero) is 1. The summed E-state index contributed by atoms with van der Waals surface area (Å²) in [6, 6.07) is 19.1. The third-order valence-electron chi connectivity index (χ3n) is 4.78. The van der Waals surface area contributed by atoms with Gasteiger partial charge >= 0.3 is 0 Å². The number of aliphatic hydroxyl groups excluding tert-OH is 1. The van der Waals surface area contributed by atoms with Crippen LogP contribution in [-0.4, -0.2) is 15.9 Å². The molecule has 144 valence electrons. The van der Waals surface area contributed by atoms with Crippen molar-refractivity contribution in [2.45, 2.75) is 6.04 Å². The third kappa shape index (κ3) is 3.59. The summed E-state index contributed by atoms with van der Waals surface area (Å²) in [5.41, 5.74) is 1.86. The molecule has 2 aromatic carbocycles. The topological polar surface area (TPSA) is 53.4 Å². The van der Waals surface area contributed by atoms with E-state index in [1.165, 1.54) is 0 Å². The van der Waals surface area contributed by atoms with Crippen LogP contribution in [-0.2, 0) is 0 Å². The second-order valence-electron chi connectivity index (χ2n) is 6.56. The van der Waals surface area contributed by atoms with Crippen LogP contribution in [0.4, 0.5) is 5.82 Å². The van der Waals surface area contributed by atoms with Crippen molar-refractivity contribution in [2.75, 3.05) is 4.90 Å². The number of benzene rings is 2. The first kappa shape index (κ1) is 19.4. The lowest BCUT2D eigenvalue weighted by molar-refractivity contribution is 0.102. The van der Waals surface area contributed by atoms with Crippen LogP contribution < -0.4 is 4.90 Å². The van der Waals surface area contributed by atoms with E-state index in [2.05, 4.69) is 27.5 Å². The molecule has 0 saturated heterocycles. The molecule has 29 heavy (non-hydrogen) atoms. The third-order valence-corrected chi connectivity index (χ3v) is 5.56. The SMILES string of the molecule is C=C1C(O)=C(C(=O)c2ccc(Cl)cc2)C(c2ccc(Br)cc2)N1c1ccccn1. The summed E-state index contributed by atoms with van der Waals surface area (Å²) in [6.07, 6.45) is 1.66. The first-order valence-electron chi connectivity index (χ1n) is 8.86. The van der Waals surface area contributed by atoms with E-state index >= 15 is 0 Å². The van der Waals surface area contributed by atoms with Gasteiger partial charge in [-0.3, -0.25) is 4.79 Å². The van der Waals surface area contributed by atoms with Crippen LogP contribution in [0.1, 0.15) is 22.0 Å². The fourth-order valence-corrected chi connectivity index (χ4v) is 3.79. The zero-order valence-electron chi connectivity index (χ0n) is 15.2. The van der Waals surface area contributed by atoms with E-state index in [-0.39, 0.29) is 17.1 Å². The fraction of sp³-hybridized carbons (Fsp3) is 0.0435. The van der Waals surface area contributed by atoms with Gasteiger partial charge in [0.2, 0.25) is 0 Å². The molecule has 0 spiro atoms. The number of halogens is 2. The number of hydrogen-bond acceptors (Lipinski definition) is 4. The van der Waals surface area contributed by atoms with Crippen molar-refractivity contribution in [3.63, 3.8) is 0 Å². The molecule has 0 aliphatic carbocycles. The lowest BCUT2D eigenvalue weighted by Crippen LogP contribution is -2.26. The largest absolute Gasteiger partial charge is 0.505 e. The van der Waals surface area contributed by atoms with Gasteiger partial charge in [-0.2, -0.15) is 0 Å². The average molecular weight is 468 g/mol. The van der Waals surface area contributed by atoms with E-state index in [1.54, 1.807) is 35.4 Å². The molecule has 4 rings (SSSR count). The van der Waals surface area contributed by atoms with E-state index < -0.39 is 6.04 Å². The van der Waals surface area contributed by atoms with Crippen LogP contribution in [0.5, 0.6) is 0 Å². The normalized spacial score (nSPS) is 16.4. The minimum Gasteiger partial charge on any atom is -0.505 e. The van der Waals surface area contributed by atoms with Crippen LogP contribution in [0, 0.1) is 0 Å². The zero-order valence-corrected chi connectivity index (χ0v) is 17.6. The molecular weight excluding hydrogens is 452 g/mol. The molecular formula is C23H16BrClN2O2. The lowest BCUT2D eigenvalue weighted by atomic mass is 9.93. The van der Waals surface area contributed by atoms with Crippen molar-refractivity contribution < 1.29 is 9.90 Å². The van der Waals surface area contributed by atoms with E-state index in [9.17, 15) is 9.90 Å². The maximum Gasteiger partial charge on any atom is 0.195 e. The Morgan fingerprint density at radius 3 is 2.38 bits per heavy atom. The first-order valence-corrected chi connectivity index (χ1v) is 10.0. The summed E-state index contributed by atoms with van der Waals surface area (Å²) in [4.78, 5) is 19.6. The van der Waals surface area contributed by atoms with Gasteiger partial charge in [0, 0.05) is 21.3 Å². The van der Waals surface area contributed by atoms with Gasteiger partial charge in [0.25, 0.3) is 0 Å². The van der Waals surface area contributed by atoms with Gasteiger partial charge in [0.1, 0.15) is 11.6 Å². The number of anilines is 1. The van der Waals surface area contributed by atoms with E-state index in [0.717, 1.165) is 10.0 Å².